The lowest BCUT2D eigenvalue weighted by Gasteiger charge is -2.24. The Kier molecular flexibility index (Phi) is 3.99. The molecule has 1 saturated heterocycles. The van der Waals surface area contributed by atoms with Gasteiger partial charge in [0.05, 0.1) is 5.92 Å². The number of rotatable bonds is 4. The minimum Gasteiger partial charge on any atom is -0.371 e. The van der Waals surface area contributed by atoms with Crippen molar-refractivity contribution in [3.63, 3.8) is 0 Å². The Balaban J connectivity index is 2.75. The summed E-state index contributed by atoms with van der Waals surface area (Å²) in [6, 6.07) is -0.170. The van der Waals surface area contributed by atoms with Crippen LogP contribution in [0.4, 0.5) is 0 Å². The summed E-state index contributed by atoms with van der Waals surface area (Å²) >= 11 is 0. The molecule has 1 aliphatic heterocycles. The number of carbonyl (C=O) groups excluding carboxylic acids is 2. The molecule has 0 aromatic heterocycles. The second-order valence-corrected chi connectivity index (χ2v) is 4.20. The van der Waals surface area contributed by atoms with Crippen LogP contribution in [0.5, 0.6) is 0 Å². The molecule has 4 heteroatoms. The van der Waals surface area contributed by atoms with E-state index in [1.165, 1.54) is 6.92 Å². The molecule has 15 heavy (non-hydrogen) atoms. The first-order chi connectivity index (χ1) is 7.00. The molecule has 0 aliphatic carbocycles. The summed E-state index contributed by atoms with van der Waals surface area (Å²) in [6.07, 6.45) is 0.856. The van der Waals surface area contributed by atoms with Gasteiger partial charge in [0.15, 0.2) is 12.0 Å². The lowest BCUT2D eigenvalue weighted by Crippen LogP contribution is -2.37. The van der Waals surface area contributed by atoms with Crippen molar-refractivity contribution in [2.75, 3.05) is 6.54 Å². The monoisotopic (exact) mass is 213 g/mol. The summed E-state index contributed by atoms with van der Waals surface area (Å²) in [6.45, 7) is 5.97. The second-order valence-electron chi connectivity index (χ2n) is 4.20. The van der Waals surface area contributed by atoms with Crippen LogP contribution in [-0.4, -0.2) is 40.4 Å². The Morgan fingerprint density at radius 3 is 2.53 bits per heavy atom. The summed E-state index contributed by atoms with van der Waals surface area (Å²) < 4.78 is 0. The zero-order valence-electron chi connectivity index (χ0n) is 9.56. The van der Waals surface area contributed by atoms with E-state index in [1.54, 1.807) is 4.90 Å². The van der Waals surface area contributed by atoms with Crippen molar-refractivity contribution in [2.24, 2.45) is 5.92 Å². The Labute approximate surface area is 90.3 Å². The fourth-order valence-electron chi connectivity index (χ4n) is 2.18. The molecule has 1 rings (SSSR count). The molecule has 3 unspecified atom stereocenters. The van der Waals surface area contributed by atoms with Crippen LogP contribution in [0, 0.1) is 5.92 Å². The first-order valence-corrected chi connectivity index (χ1v) is 5.48. The molecule has 1 aliphatic rings. The molecule has 0 aromatic rings. The molecule has 0 aromatic carbocycles. The molecule has 1 fully saturated rings. The zero-order valence-corrected chi connectivity index (χ0v) is 9.56. The van der Waals surface area contributed by atoms with Crippen molar-refractivity contribution in [1.82, 2.24) is 4.90 Å². The van der Waals surface area contributed by atoms with Crippen LogP contribution in [0.1, 0.15) is 33.6 Å². The number of likely N-dealkylation sites (tertiary alicyclic amines) is 1. The van der Waals surface area contributed by atoms with E-state index in [2.05, 4.69) is 6.92 Å². The van der Waals surface area contributed by atoms with Gasteiger partial charge in [-0.15, -0.1) is 0 Å². The fourth-order valence-corrected chi connectivity index (χ4v) is 2.18. The standard InChI is InChI=1S/C11H19NO3/c1-4-5-6-12-7(2)9(8(3)13)10(14)11(12)15/h7,9,11,15H,4-6H2,1-3H3. The summed E-state index contributed by atoms with van der Waals surface area (Å²) in [4.78, 5) is 24.6. The number of hydrogen-bond acceptors (Lipinski definition) is 4. The van der Waals surface area contributed by atoms with Gasteiger partial charge in [-0.1, -0.05) is 13.3 Å². The predicted octanol–water partition coefficient (Wildman–Crippen LogP) is 0.583. The van der Waals surface area contributed by atoms with E-state index in [1.807, 2.05) is 6.92 Å². The second kappa shape index (κ2) is 4.86. The molecule has 3 atom stereocenters. The third-order valence-corrected chi connectivity index (χ3v) is 3.09. The van der Waals surface area contributed by atoms with Crippen LogP contribution in [-0.2, 0) is 9.59 Å². The molecule has 0 amide bonds. The first-order valence-electron chi connectivity index (χ1n) is 5.48. The van der Waals surface area contributed by atoms with Crippen LogP contribution < -0.4 is 0 Å². The topological polar surface area (TPSA) is 57.6 Å². The molecule has 1 heterocycles. The van der Waals surface area contributed by atoms with Crippen LogP contribution in [0.15, 0.2) is 0 Å². The van der Waals surface area contributed by atoms with Gasteiger partial charge in [-0.05, 0) is 20.3 Å². The van der Waals surface area contributed by atoms with Crippen molar-refractivity contribution < 1.29 is 14.7 Å². The molecular weight excluding hydrogens is 194 g/mol. The average molecular weight is 213 g/mol. The van der Waals surface area contributed by atoms with E-state index in [0.29, 0.717) is 6.54 Å². The largest absolute Gasteiger partial charge is 0.371 e. The highest BCUT2D eigenvalue weighted by atomic mass is 16.3. The molecule has 0 spiro atoms. The highest BCUT2D eigenvalue weighted by Gasteiger charge is 2.46. The number of carbonyl (C=O) groups is 2. The quantitative estimate of drug-likeness (QED) is 0.694. The molecular formula is C11H19NO3. The number of aliphatic hydroxyl groups excluding tert-OH is 1. The van der Waals surface area contributed by atoms with Gasteiger partial charge in [0, 0.05) is 12.6 Å². The average Bonchev–Trinajstić information content (AvgIpc) is 2.37. The first kappa shape index (κ1) is 12.3. The zero-order chi connectivity index (χ0) is 11.6. The minimum atomic E-state index is -1.08. The van der Waals surface area contributed by atoms with Gasteiger partial charge in [0.2, 0.25) is 0 Å². The van der Waals surface area contributed by atoms with Crippen molar-refractivity contribution in [2.45, 2.75) is 45.9 Å². The van der Waals surface area contributed by atoms with Crippen LogP contribution in [0.25, 0.3) is 0 Å². The summed E-state index contributed by atoms with van der Waals surface area (Å²) in [5, 5.41) is 9.70. The Morgan fingerprint density at radius 2 is 2.13 bits per heavy atom. The maximum Gasteiger partial charge on any atom is 0.188 e. The molecule has 4 nitrogen and oxygen atoms in total. The van der Waals surface area contributed by atoms with Crippen LogP contribution in [0.2, 0.25) is 0 Å². The normalized spacial score (nSPS) is 32.3. The van der Waals surface area contributed by atoms with Gasteiger partial charge in [-0.25, -0.2) is 0 Å². The summed E-state index contributed by atoms with van der Waals surface area (Å²) in [7, 11) is 0. The number of aliphatic hydroxyl groups is 1. The number of nitrogens with zero attached hydrogens (tertiary/aromatic N) is 1. The SMILES string of the molecule is CCCCN1C(O)C(=O)C(C(C)=O)C1C. The third-order valence-electron chi connectivity index (χ3n) is 3.09. The predicted molar refractivity (Wildman–Crippen MR) is 56.3 cm³/mol. The van der Waals surface area contributed by atoms with Crippen LogP contribution in [0.3, 0.4) is 0 Å². The highest BCUT2D eigenvalue weighted by Crippen LogP contribution is 2.26. The van der Waals surface area contributed by atoms with E-state index >= 15 is 0 Å². The van der Waals surface area contributed by atoms with Crippen molar-refractivity contribution in [3.05, 3.63) is 0 Å². The Morgan fingerprint density at radius 1 is 1.53 bits per heavy atom. The molecule has 0 bridgehead atoms. The van der Waals surface area contributed by atoms with Crippen molar-refractivity contribution >= 4 is 11.6 Å². The highest BCUT2D eigenvalue weighted by molar-refractivity contribution is 6.05. The Bertz CT molecular complexity index is 265. The minimum absolute atomic E-state index is 0.148. The van der Waals surface area contributed by atoms with Gasteiger partial charge < -0.3 is 5.11 Å². The van der Waals surface area contributed by atoms with Gasteiger partial charge in [-0.3, -0.25) is 14.5 Å². The lowest BCUT2D eigenvalue weighted by atomic mass is 9.96. The van der Waals surface area contributed by atoms with Gasteiger partial charge >= 0.3 is 0 Å². The van der Waals surface area contributed by atoms with Crippen molar-refractivity contribution in [1.29, 1.82) is 0 Å². The van der Waals surface area contributed by atoms with E-state index < -0.39 is 12.1 Å². The molecule has 0 saturated carbocycles. The fraction of sp³-hybridized carbons (Fsp3) is 0.818. The van der Waals surface area contributed by atoms with Gasteiger partial charge in [-0.2, -0.15) is 0 Å². The molecule has 86 valence electrons. The number of hydrogen-bond donors (Lipinski definition) is 1. The van der Waals surface area contributed by atoms with E-state index in [-0.39, 0.29) is 17.6 Å². The third kappa shape index (κ3) is 2.26. The summed E-state index contributed by atoms with van der Waals surface area (Å²) in [5.41, 5.74) is 0. The molecule has 1 N–H and O–H groups in total. The van der Waals surface area contributed by atoms with E-state index in [4.69, 9.17) is 0 Å². The van der Waals surface area contributed by atoms with E-state index in [0.717, 1.165) is 12.8 Å². The Hall–Kier alpha value is -0.740. The number of Topliss-reactive ketones (excluding diaryl/α,β-unsaturated/α-hetero) is 2. The smallest absolute Gasteiger partial charge is 0.188 e. The van der Waals surface area contributed by atoms with Gasteiger partial charge in [0.25, 0.3) is 0 Å². The van der Waals surface area contributed by atoms with Crippen molar-refractivity contribution in [3.8, 4) is 0 Å². The summed E-state index contributed by atoms with van der Waals surface area (Å²) in [5.74, 6) is -1.13. The van der Waals surface area contributed by atoms with Gasteiger partial charge in [0.1, 0.15) is 5.78 Å². The lowest BCUT2D eigenvalue weighted by molar-refractivity contribution is -0.135. The number of unbranched alkanes of at least 4 members (excludes halogenated alkanes) is 1. The van der Waals surface area contributed by atoms with Crippen LogP contribution >= 0.6 is 0 Å². The molecule has 0 radical (unpaired) electrons. The van der Waals surface area contributed by atoms with E-state index in [9.17, 15) is 14.7 Å². The number of ketones is 2. The maximum atomic E-state index is 11.6. The maximum absolute atomic E-state index is 11.6.